The molecular formula is C26H30N4O3. The lowest BCUT2D eigenvalue weighted by molar-refractivity contribution is -0.139. The molecule has 1 atom stereocenters. The molecule has 1 unspecified atom stereocenters. The van der Waals surface area contributed by atoms with E-state index in [1.807, 2.05) is 47.4 Å². The van der Waals surface area contributed by atoms with Gasteiger partial charge in [0.2, 0.25) is 5.91 Å². The van der Waals surface area contributed by atoms with Crippen LogP contribution >= 0.6 is 0 Å². The first-order chi connectivity index (χ1) is 16.2. The number of morpholine rings is 1. The highest BCUT2D eigenvalue weighted by Gasteiger charge is 2.27. The number of hydrogen-bond acceptors (Lipinski definition) is 5. The van der Waals surface area contributed by atoms with E-state index in [9.17, 15) is 4.79 Å². The average Bonchev–Trinajstić information content (AvgIpc) is 3.30. The first-order valence-electron chi connectivity index (χ1n) is 11.8. The zero-order valence-electron chi connectivity index (χ0n) is 19.0. The number of nitrogens with one attached hydrogen (secondary N) is 1. The molecule has 0 spiro atoms. The number of amides is 1. The monoisotopic (exact) mass is 446 g/mol. The molecule has 3 heterocycles. The fourth-order valence-electron chi connectivity index (χ4n) is 4.75. The van der Waals surface area contributed by atoms with Gasteiger partial charge in [0.25, 0.3) is 0 Å². The van der Waals surface area contributed by atoms with Crippen molar-refractivity contribution in [3.05, 3.63) is 65.1 Å². The summed E-state index contributed by atoms with van der Waals surface area (Å²) in [6, 6.07) is 13.8. The van der Waals surface area contributed by atoms with Crippen LogP contribution in [-0.4, -0.2) is 52.8 Å². The summed E-state index contributed by atoms with van der Waals surface area (Å²) in [5.74, 6) is 0.970. The molecule has 172 valence electrons. The normalized spacial score (nSPS) is 18.1. The highest BCUT2D eigenvalue weighted by molar-refractivity contribution is 5.76. The summed E-state index contributed by atoms with van der Waals surface area (Å²) >= 11 is 0. The minimum absolute atomic E-state index is 0.155. The van der Waals surface area contributed by atoms with Gasteiger partial charge in [0.1, 0.15) is 11.9 Å². The second-order valence-corrected chi connectivity index (χ2v) is 8.71. The van der Waals surface area contributed by atoms with Gasteiger partial charge >= 0.3 is 0 Å². The van der Waals surface area contributed by atoms with E-state index in [1.165, 1.54) is 24.1 Å². The molecule has 7 heteroatoms. The molecule has 0 bridgehead atoms. The van der Waals surface area contributed by atoms with Gasteiger partial charge in [-0.3, -0.25) is 9.89 Å². The number of hydrogen-bond donors (Lipinski definition) is 1. The van der Waals surface area contributed by atoms with Gasteiger partial charge in [-0.2, -0.15) is 5.10 Å². The van der Waals surface area contributed by atoms with Crippen molar-refractivity contribution in [1.82, 2.24) is 20.1 Å². The average molecular weight is 447 g/mol. The van der Waals surface area contributed by atoms with Gasteiger partial charge in [-0.15, -0.1) is 0 Å². The fraction of sp³-hybridized carbons (Fsp3) is 0.423. The fourth-order valence-corrected chi connectivity index (χ4v) is 4.75. The maximum absolute atomic E-state index is 13.0. The van der Waals surface area contributed by atoms with Gasteiger partial charge in [-0.1, -0.05) is 6.07 Å². The molecule has 7 nitrogen and oxygen atoms in total. The van der Waals surface area contributed by atoms with Crippen LogP contribution in [0.4, 0.5) is 0 Å². The Hall–Kier alpha value is -3.19. The Labute approximate surface area is 194 Å². The Bertz CT molecular complexity index is 1110. The predicted octanol–water partition coefficient (Wildman–Crippen LogP) is 3.89. The van der Waals surface area contributed by atoms with E-state index in [2.05, 4.69) is 10.2 Å². The highest BCUT2D eigenvalue weighted by Crippen LogP contribution is 2.27. The SMILES string of the molecule is COc1ccc(-c2cccc(C3CN(C(=O)CCc4n[nH]c5c4CCCC5)CCO3)n2)cc1. The molecule has 1 aliphatic carbocycles. The third kappa shape index (κ3) is 4.78. The van der Waals surface area contributed by atoms with Crippen LogP contribution < -0.4 is 4.74 Å². The quantitative estimate of drug-likeness (QED) is 0.621. The molecule has 0 radical (unpaired) electrons. The van der Waals surface area contributed by atoms with E-state index in [-0.39, 0.29) is 12.0 Å². The zero-order chi connectivity index (χ0) is 22.6. The number of pyridine rings is 1. The van der Waals surface area contributed by atoms with E-state index in [0.29, 0.717) is 32.5 Å². The molecule has 2 aromatic heterocycles. The lowest BCUT2D eigenvalue weighted by atomic mass is 9.94. The van der Waals surface area contributed by atoms with E-state index in [4.69, 9.17) is 14.5 Å². The lowest BCUT2D eigenvalue weighted by Gasteiger charge is -2.33. The Morgan fingerprint density at radius 1 is 1.18 bits per heavy atom. The number of carbonyl (C=O) groups is 1. The van der Waals surface area contributed by atoms with Crippen molar-refractivity contribution < 1.29 is 14.3 Å². The molecule has 33 heavy (non-hydrogen) atoms. The maximum Gasteiger partial charge on any atom is 0.223 e. The number of aryl methyl sites for hydroxylation is 2. The minimum atomic E-state index is -0.223. The molecule has 1 aromatic carbocycles. The van der Waals surface area contributed by atoms with E-state index < -0.39 is 0 Å². The number of rotatable bonds is 6. The van der Waals surface area contributed by atoms with Crippen molar-refractivity contribution in [3.63, 3.8) is 0 Å². The smallest absolute Gasteiger partial charge is 0.223 e. The second kappa shape index (κ2) is 9.75. The number of benzene rings is 1. The summed E-state index contributed by atoms with van der Waals surface area (Å²) in [7, 11) is 1.66. The topological polar surface area (TPSA) is 80.3 Å². The van der Waals surface area contributed by atoms with Crippen molar-refractivity contribution in [2.75, 3.05) is 26.8 Å². The van der Waals surface area contributed by atoms with Crippen molar-refractivity contribution in [3.8, 4) is 17.0 Å². The van der Waals surface area contributed by atoms with Crippen molar-refractivity contribution in [2.45, 2.75) is 44.6 Å². The molecule has 1 saturated heterocycles. The van der Waals surface area contributed by atoms with Crippen molar-refractivity contribution >= 4 is 5.91 Å². The van der Waals surface area contributed by atoms with Crippen LogP contribution in [0.15, 0.2) is 42.5 Å². The Kier molecular flexibility index (Phi) is 6.39. The van der Waals surface area contributed by atoms with E-state index in [0.717, 1.165) is 41.2 Å². The number of ether oxygens (including phenoxy) is 2. The summed E-state index contributed by atoms with van der Waals surface area (Å²) in [4.78, 5) is 19.7. The summed E-state index contributed by atoms with van der Waals surface area (Å²) < 4.78 is 11.2. The first-order valence-corrected chi connectivity index (χ1v) is 11.8. The summed E-state index contributed by atoms with van der Waals surface area (Å²) in [5.41, 5.74) is 6.42. The number of aromatic nitrogens is 3. The standard InChI is InChI=1S/C26H30N4O3/c1-32-19-11-9-18(10-12-19)21-7-4-8-24(27-21)25-17-30(15-16-33-25)26(31)14-13-23-20-5-2-3-6-22(20)28-29-23/h4,7-12,25H,2-3,5-6,13-17H2,1H3,(H,28,29). The molecule has 5 rings (SSSR count). The maximum atomic E-state index is 13.0. The van der Waals surface area contributed by atoms with Crippen LogP contribution in [0.5, 0.6) is 5.75 Å². The van der Waals surface area contributed by atoms with Crippen LogP contribution in [0.2, 0.25) is 0 Å². The Morgan fingerprint density at radius 3 is 2.88 bits per heavy atom. The Balaban J connectivity index is 1.23. The van der Waals surface area contributed by atoms with Crippen LogP contribution in [0.1, 0.15) is 48.0 Å². The van der Waals surface area contributed by atoms with Crippen molar-refractivity contribution in [1.29, 1.82) is 0 Å². The van der Waals surface area contributed by atoms with Gasteiger partial charge in [0.05, 0.1) is 37.3 Å². The molecule has 0 saturated carbocycles. The summed E-state index contributed by atoms with van der Waals surface area (Å²) in [5, 5.41) is 7.66. The van der Waals surface area contributed by atoms with E-state index in [1.54, 1.807) is 7.11 Å². The van der Waals surface area contributed by atoms with Gasteiger partial charge in [0.15, 0.2) is 0 Å². The third-order valence-corrected chi connectivity index (χ3v) is 6.62. The van der Waals surface area contributed by atoms with Crippen molar-refractivity contribution in [2.24, 2.45) is 0 Å². The van der Waals surface area contributed by atoms with Crippen LogP contribution in [0.25, 0.3) is 11.3 Å². The predicted molar refractivity (Wildman–Crippen MR) is 125 cm³/mol. The van der Waals surface area contributed by atoms with Crippen LogP contribution in [-0.2, 0) is 28.8 Å². The second-order valence-electron chi connectivity index (χ2n) is 8.71. The minimum Gasteiger partial charge on any atom is -0.497 e. The molecule has 1 fully saturated rings. The number of aromatic amines is 1. The first kappa shape index (κ1) is 21.6. The van der Waals surface area contributed by atoms with Gasteiger partial charge in [0, 0.05) is 30.6 Å². The number of H-pyrrole nitrogens is 1. The molecule has 3 aromatic rings. The third-order valence-electron chi connectivity index (χ3n) is 6.62. The largest absolute Gasteiger partial charge is 0.497 e. The van der Waals surface area contributed by atoms with Crippen LogP contribution in [0, 0.1) is 0 Å². The molecule has 1 amide bonds. The Morgan fingerprint density at radius 2 is 2.03 bits per heavy atom. The number of nitrogens with zero attached hydrogens (tertiary/aromatic N) is 3. The summed E-state index contributed by atoms with van der Waals surface area (Å²) in [6.07, 6.45) is 5.52. The van der Waals surface area contributed by atoms with Gasteiger partial charge in [-0.05, 0) is 67.6 Å². The lowest BCUT2D eigenvalue weighted by Crippen LogP contribution is -2.42. The zero-order valence-corrected chi connectivity index (χ0v) is 19.0. The number of methoxy groups -OCH3 is 1. The van der Waals surface area contributed by atoms with Crippen LogP contribution in [0.3, 0.4) is 0 Å². The highest BCUT2D eigenvalue weighted by atomic mass is 16.5. The molecular weight excluding hydrogens is 416 g/mol. The van der Waals surface area contributed by atoms with Gasteiger partial charge < -0.3 is 14.4 Å². The van der Waals surface area contributed by atoms with Gasteiger partial charge in [-0.25, -0.2) is 4.98 Å². The van der Waals surface area contributed by atoms with E-state index >= 15 is 0 Å². The molecule has 1 N–H and O–H groups in total. The number of carbonyl (C=O) groups excluding carboxylic acids is 1. The summed E-state index contributed by atoms with van der Waals surface area (Å²) in [6.45, 7) is 1.66. The molecule has 1 aliphatic heterocycles. The molecule has 2 aliphatic rings. The number of fused-ring (bicyclic) bond motifs is 1.